The van der Waals surface area contributed by atoms with Crippen LogP contribution in [0.25, 0.3) is 0 Å². The molecule has 0 aliphatic carbocycles. The molecule has 19 heavy (non-hydrogen) atoms. The van der Waals surface area contributed by atoms with Crippen LogP contribution in [-0.4, -0.2) is 26.0 Å². The highest BCUT2D eigenvalue weighted by Crippen LogP contribution is 2.07. The lowest BCUT2D eigenvalue weighted by atomic mass is 10.1. The number of benzene rings is 1. The second-order valence-electron chi connectivity index (χ2n) is 3.69. The number of halogens is 1. The smallest absolute Gasteiger partial charge is 0.307 e. The third-order valence-electron chi connectivity index (χ3n) is 2.26. The third kappa shape index (κ3) is 7.88. The molecule has 0 saturated heterocycles. The van der Waals surface area contributed by atoms with Gasteiger partial charge in [0.25, 0.3) is 0 Å². The van der Waals surface area contributed by atoms with Crippen molar-refractivity contribution in [1.29, 1.82) is 0 Å². The van der Waals surface area contributed by atoms with Crippen LogP contribution in [0.4, 0.5) is 4.39 Å². The van der Waals surface area contributed by atoms with E-state index in [1.165, 1.54) is 13.2 Å². The van der Waals surface area contributed by atoms with Crippen molar-refractivity contribution in [3.05, 3.63) is 35.1 Å². The predicted octanol–water partition coefficient (Wildman–Crippen LogP) is 0.888. The molecule has 0 atom stereocenters. The number of aryl methyl sites for hydroxylation is 1. The summed E-state index contributed by atoms with van der Waals surface area (Å²) in [5, 5.41) is 2.33. The molecule has 0 unspecified atom stereocenters. The van der Waals surface area contributed by atoms with Gasteiger partial charge in [0.05, 0.1) is 13.5 Å². The van der Waals surface area contributed by atoms with Gasteiger partial charge in [-0.25, -0.2) is 4.39 Å². The van der Waals surface area contributed by atoms with Crippen LogP contribution in [0.1, 0.15) is 17.5 Å². The molecule has 3 N–H and O–H groups in total. The molecule has 6 heteroatoms. The molecule has 0 spiro atoms. The van der Waals surface area contributed by atoms with Gasteiger partial charge in [0.1, 0.15) is 5.82 Å². The summed E-state index contributed by atoms with van der Waals surface area (Å²) in [7, 11) is 1.31. The molecule has 0 heterocycles. The average molecular weight is 270 g/mol. The van der Waals surface area contributed by atoms with E-state index in [2.05, 4.69) is 10.1 Å². The van der Waals surface area contributed by atoms with Crippen LogP contribution in [0.3, 0.4) is 0 Å². The minimum Gasteiger partial charge on any atom is -0.469 e. The second kappa shape index (κ2) is 10.0. The van der Waals surface area contributed by atoms with Gasteiger partial charge in [-0.05, 0) is 24.1 Å². The maximum absolute atomic E-state index is 12.7. The maximum Gasteiger partial charge on any atom is 0.307 e. The summed E-state index contributed by atoms with van der Waals surface area (Å²) in [5.41, 5.74) is 6.80. The number of nitrogens with one attached hydrogen (secondary N) is 1. The number of hydrogen-bond acceptors (Lipinski definition) is 4. The molecule has 0 bridgehead atoms. The molecule has 0 fully saturated rings. The van der Waals surface area contributed by atoms with Crippen molar-refractivity contribution >= 4 is 12.4 Å². The molecular formula is C13H19FN2O3. The van der Waals surface area contributed by atoms with E-state index in [0.717, 1.165) is 5.56 Å². The Morgan fingerprint density at radius 2 is 2.21 bits per heavy atom. The van der Waals surface area contributed by atoms with Crippen LogP contribution in [0.2, 0.25) is 0 Å². The highest BCUT2D eigenvalue weighted by Gasteiger charge is 1.96. The fourth-order valence-corrected chi connectivity index (χ4v) is 1.10. The lowest BCUT2D eigenvalue weighted by Gasteiger charge is -1.98. The molecule has 0 aliphatic heterocycles. The second-order valence-corrected chi connectivity index (χ2v) is 3.69. The number of esters is 1. The van der Waals surface area contributed by atoms with Gasteiger partial charge in [0.2, 0.25) is 6.41 Å². The van der Waals surface area contributed by atoms with Crippen LogP contribution < -0.4 is 11.1 Å². The highest BCUT2D eigenvalue weighted by atomic mass is 19.1. The van der Waals surface area contributed by atoms with Crippen LogP contribution in [0.15, 0.2) is 18.2 Å². The number of nitrogens with two attached hydrogens (primary N) is 1. The Kier molecular flexibility index (Phi) is 8.99. The van der Waals surface area contributed by atoms with Gasteiger partial charge in [0, 0.05) is 13.1 Å². The molecule has 1 amide bonds. The van der Waals surface area contributed by atoms with E-state index < -0.39 is 0 Å². The van der Waals surface area contributed by atoms with Gasteiger partial charge in [0.15, 0.2) is 0 Å². The van der Waals surface area contributed by atoms with Crippen molar-refractivity contribution in [1.82, 2.24) is 5.32 Å². The number of amides is 1. The van der Waals surface area contributed by atoms with E-state index in [0.29, 0.717) is 25.1 Å². The summed E-state index contributed by atoms with van der Waals surface area (Å²) in [6.45, 7) is 2.48. The quantitative estimate of drug-likeness (QED) is 0.473. The zero-order chi connectivity index (χ0) is 14.7. The zero-order valence-corrected chi connectivity index (χ0v) is 11.1. The Bertz CT molecular complexity index is 411. The van der Waals surface area contributed by atoms with E-state index in [4.69, 9.17) is 5.73 Å². The first kappa shape index (κ1) is 17.1. The van der Waals surface area contributed by atoms with Crippen molar-refractivity contribution in [2.75, 3.05) is 13.7 Å². The topological polar surface area (TPSA) is 81.4 Å². The molecule has 106 valence electrons. The van der Waals surface area contributed by atoms with E-state index in [9.17, 15) is 14.0 Å². The maximum atomic E-state index is 12.7. The summed E-state index contributed by atoms with van der Waals surface area (Å²) < 4.78 is 17.0. The van der Waals surface area contributed by atoms with Crippen LogP contribution in [0, 0.1) is 12.7 Å². The number of rotatable bonds is 5. The fraction of sp³-hybridized carbons (Fsp3) is 0.385. The molecule has 0 aliphatic rings. The molecule has 1 rings (SSSR count). The summed E-state index contributed by atoms with van der Waals surface area (Å²) in [6, 6.07) is 5.03. The molecule has 0 saturated carbocycles. The normalized spacial score (nSPS) is 9.05. The highest BCUT2D eigenvalue weighted by molar-refractivity contribution is 5.69. The van der Waals surface area contributed by atoms with Crippen LogP contribution >= 0.6 is 0 Å². The van der Waals surface area contributed by atoms with E-state index in [1.807, 2.05) is 6.07 Å². The first-order valence-corrected chi connectivity index (χ1v) is 5.74. The number of carbonyl (C=O) groups is 2. The van der Waals surface area contributed by atoms with Gasteiger partial charge in [-0.1, -0.05) is 12.1 Å². The van der Waals surface area contributed by atoms with Crippen molar-refractivity contribution in [2.45, 2.75) is 19.9 Å². The molecule has 1 aromatic carbocycles. The fourth-order valence-electron chi connectivity index (χ4n) is 1.10. The van der Waals surface area contributed by atoms with Crippen molar-refractivity contribution in [3.8, 4) is 0 Å². The lowest BCUT2D eigenvalue weighted by molar-refractivity contribution is -0.140. The molecular weight excluding hydrogens is 251 g/mol. The molecule has 1 aromatic rings. The average Bonchev–Trinajstić information content (AvgIpc) is 2.42. The van der Waals surface area contributed by atoms with Gasteiger partial charge >= 0.3 is 5.97 Å². The first-order valence-electron chi connectivity index (χ1n) is 5.74. The summed E-state index contributed by atoms with van der Waals surface area (Å²) in [5.74, 6) is -0.493. The summed E-state index contributed by atoms with van der Waals surface area (Å²) in [6.07, 6.45) is 0.776. The van der Waals surface area contributed by atoms with Crippen molar-refractivity contribution < 1.29 is 18.7 Å². The monoisotopic (exact) mass is 270 g/mol. The van der Waals surface area contributed by atoms with E-state index >= 15 is 0 Å². The van der Waals surface area contributed by atoms with Gasteiger partial charge in [-0.15, -0.1) is 0 Å². The molecule has 0 aromatic heterocycles. The summed E-state index contributed by atoms with van der Waals surface area (Å²) in [4.78, 5) is 19.9. The SMILES string of the molecule is COC(=O)CCNC=O.Cc1ccc(CN)cc1F. The third-order valence-corrected chi connectivity index (χ3v) is 2.26. The number of methoxy groups -OCH3 is 1. The van der Waals surface area contributed by atoms with Gasteiger partial charge in [-0.2, -0.15) is 0 Å². The Balaban J connectivity index is 0.000000344. The summed E-state index contributed by atoms with van der Waals surface area (Å²) >= 11 is 0. The molecule has 0 radical (unpaired) electrons. The molecule has 5 nitrogen and oxygen atoms in total. The van der Waals surface area contributed by atoms with Gasteiger partial charge < -0.3 is 15.8 Å². The van der Waals surface area contributed by atoms with Crippen LogP contribution in [-0.2, 0) is 20.9 Å². The largest absolute Gasteiger partial charge is 0.469 e. The minimum atomic E-state index is -0.315. The van der Waals surface area contributed by atoms with E-state index in [1.54, 1.807) is 13.0 Å². The zero-order valence-electron chi connectivity index (χ0n) is 11.1. The Hall–Kier alpha value is -1.95. The van der Waals surface area contributed by atoms with Crippen LogP contribution in [0.5, 0.6) is 0 Å². The van der Waals surface area contributed by atoms with Crippen molar-refractivity contribution in [2.24, 2.45) is 5.73 Å². The predicted molar refractivity (Wildman–Crippen MR) is 69.7 cm³/mol. The standard InChI is InChI=1S/C8H10FN.C5H9NO3/c1-6-2-3-7(5-10)4-8(6)9;1-9-5(8)2-3-6-4-7/h2-4H,5,10H2,1H3;4H,2-3H2,1H3,(H,6,7). The van der Waals surface area contributed by atoms with Crippen molar-refractivity contribution in [3.63, 3.8) is 0 Å². The Morgan fingerprint density at radius 1 is 1.53 bits per heavy atom. The Labute approximate surface area is 111 Å². The number of hydrogen-bond donors (Lipinski definition) is 2. The minimum absolute atomic E-state index is 0.178. The number of carbonyl (C=O) groups excluding carboxylic acids is 2. The van der Waals surface area contributed by atoms with E-state index in [-0.39, 0.29) is 18.2 Å². The Morgan fingerprint density at radius 3 is 2.68 bits per heavy atom. The number of ether oxygens (including phenoxy) is 1. The lowest BCUT2D eigenvalue weighted by Crippen LogP contribution is -2.16. The first-order chi connectivity index (χ1) is 9.04. The van der Waals surface area contributed by atoms with Gasteiger partial charge in [-0.3, -0.25) is 9.59 Å².